The lowest BCUT2D eigenvalue weighted by atomic mass is 9.84. The van der Waals surface area contributed by atoms with Crippen molar-refractivity contribution in [3.8, 4) is 0 Å². The lowest BCUT2D eigenvalue weighted by molar-refractivity contribution is 0.327. The Balaban J connectivity index is 1.93. The van der Waals surface area contributed by atoms with E-state index in [4.69, 9.17) is 0 Å². The van der Waals surface area contributed by atoms with Gasteiger partial charge in [0.05, 0.1) is 12.4 Å². The fourth-order valence-corrected chi connectivity index (χ4v) is 2.70. The minimum Gasteiger partial charge on any atom is -0.369 e. The fraction of sp³-hybridized carbons (Fsp3) is 0.714. The first-order chi connectivity index (χ1) is 8.81. The summed E-state index contributed by atoms with van der Waals surface area (Å²) in [6.07, 6.45) is 10.1. The van der Waals surface area contributed by atoms with Gasteiger partial charge in [0.2, 0.25) is 0 Å². The van der Waals surface area contributed by atoms with Crippen LogP contribution in [0.15, 0.2) is 12.4 Å². The number of rotatable bonds is 5. The van der Waals surface area contributed by atoms with E-state index < -0.39 is 0 Å². The summed E-state index contributed by atoms with van der Waals surface area (Å²) in [7, 11) is 0. The van der Waals surface area contributed by atoms with Gasteiger partial charge in [-0.05, 0) is 25.7 Å². The summed E-state index contributed by atoms with van der Waals surface area (Å²) in [6, 6.07) is 0.565. The summed E-state index contributed by atoms with van der Waals surface area (Å²) >= 11 is 0. The zero-order valence-electron chi connectivity index (χ0n) is 11.4. The van der Waals surface area contributed by atoms with Crippen molar-refractivity contribution < 1.29 is 0 Å². The van der Waals surface area contributed by atoms with Crippen LogP contribution in [0.5, 0.6) is 0 Å². The second kappa shape index (κ2) is 6.57. The van der Waals surface area contributed by atoms with Gasteiger partial charge < -0.3 is 10.6 Å². The predicted molar refractivity (Wildman–Crippen MR) is 75.9 cm³/mol. The minimum atomic E-state index is 0.565. The van der Waals surface area contributed by atoms with Crippen LogP contribution >= 0.6 is 0 Å². The van der Waals surface area contributed by atoms with E-state index in [0.717, 1.165) is 24.1 Å². The Morgan fingerprint density at radius 2 is 2.06 bits per heavy atom. The normalized spacial score (nSPS) is 23.7. The molecule has 4 heteroatoms. The van der Waals surface area contributed by atoms with Crippen molar-refractivity contribution >= 4 is 11.6 Å². The van der Waals surface area contributed by atoms with Crippen LogP contribution in [0.2, 0.25) is 0 Å². The third kappa shape index (κ3) is 3.59. The Bertz CT molecular complexity index is 367. The first-order valence-electron chi connectivity index (χ1n) is 7.14. The van der Waals surface area contributed by atoms with Crippen molar-refractivity contribution in [2.45, 2.75) is 52.0 Å². The summed E-state index contributed by atoms with van der Waals surface area (Å²) in [5.74, 6) is 2.63. The van der Waals surface area contributed by atoms with Crippen molar-refractivity contribution in [2.24, 2.45) is 5.92 Å². The first-order valence-corrected chi connectivity index (χ1v) is 7.14. The van der Waals surface area contributed by atoms with Crippen molar-refractivity contribution in [1.29, 1.82) is 0 Å². The van der Waals surface area contributed by atoms with Crippen LogP contribution in [-0.4, -0.2) is 22.6 Å². The van der Waals surface area contributed by atoms with Crippen LogP contribution in [0.3, 0.4) is 0 Å². The highest BCUT2D eigenvalue weighted by Gasteiger charge is 2.20. The van der Waals surface area contributed by atoms with Crippen molar-refractivity contribution in [2.75, 3.05) is 17.2 Å². The molecule has 100 valence electrons. The number of nitrogens with one attached hydrogen (secondary N) is 2. The van der Waals surface area contributed by atoms with Gasteiger partial charge in [0.15, 0.2) is 0 Å². The summed E-state index contributed by atoms with van der Waals surface area (Å²) in [4.78, 5) is 8.74. The van der Waals surface area contributed by atoms with E-state index in [1.807, 2.05) is 6.20 Å². The van der Waals surface area contributed by atoms with E-state index in [0.29, 0.717) is 6.04 Å². The molecule has 0 amide bonds. The number of nitrogens with zero attached hydrogens (tertiary/aromatic N) is 2. The molecule has 1 aromatic rings. The number of anilines is 2. The van der Waals surface area contributed by atoms with Gasteiger partial charge >= 0.3 is 0 Å². The average Bonchev–Trinajstić information content (AvgIpc) is 2.40. The first kappa shape index (κ1) is 13.1. The molecule has 2 atom stereocenters. The fourth-order valence-electron chi connectivity index (χ4n) is 2.70. The summed E-state index contributed by atoms with van der Waals surface area (Å²) in [6.45, 7) is 5.23. The van der Waals surface area contributed by atoms with Crippen LogP contribution in [0, 0.1) is 5.92 Å². The predicted octanol–water partition coefficient (Wildman–Crippen LogP) is 3.29. The molecule has 1 heterocycles. The van der Waals surface area contributed by atoms with Crippen LogP contribution < -0.4 is 10.6 Å². The van der Waals surface area contributed by atoms with Gasteiger partial charge in [0, 0.05) is 12.6 Å². The molecule has 2 unspecified atom stereocenters. The third-order valence-corrected chi connectivity index (χ3v) is 3.70. The third-order valence-electron chi connectivity index (χ3n) is 3.70. The number of hydrogen-bond acceptors (Lipinski definition) is 4. The van der Waals surface area contributed by atoms with Crippen LogP contribution in [0.25, 0.3) is 0 Å². The highest BCUT2D eigenvalue weighted by molar-refractivity contribution is 5.42. The molecule has 0 aliphatic heterocycles. The molecule has 0 aromatic carbocycles. The quantitative estimate of drug-likeness (QED) is 0.839. The number of hydrogen-bond donors (Lipinski definition) is 2. The molecule has 0 spiro atoms. The summed E-state index contributed by atoms with van der Waals surface area (Å²) in [5.41, 5.74) is 0. The maximum Gasteiger partial charge on any atom is 0.147 e. The van der Waals surface area contributed by atoms with Crippen LogP contribution in [0.1, 0.15) is 46.0 Å². The van der Waals surface area contributed by atoms with E-state index in [2.05, 4.69) is 34.4 Å². The van der Waals surface area contributed by atoms with E-state index in [1.54, 1.807) is 6.20 Å². The Labute approximate surface area is 110 Å². The van der Waals surface area contributed by atoms with Gasteiger partial charge in [0.1, 0.15) is 11.6 Å². The molecular formula is C14H24N4. The highest BCUT2D eigenvalue weighted by atomic mass is 15.1. The van der Waals surface area contributed by atoms with Crippen LogP contribution in [-0.2, 0) is 0 Å². The molecule has 0 radical (unpaired) electrons. The van der Waals surface area contributed by atoms with Gasteiger partial charge in [0.25, 0.3) is 0 Å². The molecule has 1 saturated carbocycles. The molecule has 0 bridgehead atoms. The van der Waals surface area contributed by atoms with Crippen LogP contribution in [0.4, 0.5) is 11.6 Å². The monoisotopic (exact) mass is 248 g/mol. The standard InChI is InChI=1S/C14H24N4/c1-3-11-6-5-7-12(8-11)17-14-10-15-9-13(18-14)16-4-2/h9-12H,3-8H2,1-2H3,(H2,16,17,18). The summed E-state index contributed by atoms with van der Waals surface area (Å²) in [5, 5.41) is 6.72. The zero-order valence-corrected chi connectivity index (χ0v) is 11.4. The second-order valence-corrected chi connectivity index (χ2v) is 5.10. The smallest absolute Gasteiger partial charge is 0.147 e. The van der Waals surface area contributed by atoms with Gasteiger partial charge in [-0.25, -0.2) is 4.98 Å². The molecular weight excluding hydrogens is 224 g/mol. The summed E-state index contributed by atoms with van der Waals surface area (Å²) < 4.78 is 0. The molecule has 1 aromatic heterocycles. The van der Waals surface area contributed by atoms with E-state index in [9.17, 15) is 0 Å². The number of aromatic nitrogens is 2. The molecule has 1 aliphatic rings. The average molecular weight is 248 g/mol. The molecule has 2 rings (SSSR count). The topological polar surface area (TPSA) is 49.8 Å². The minimum absolute atomic E-state index is 0.565. The van der Waals surface area contributed by atoms with E-state index in [1.165, 1.54) is 32.1 Å². The Kier molecular flexibility index (Phi) is 4.79. The molecule has 4 nitrogen and oxygen atoms in total. The van der Waals surface area contributed by atoms with Gasteiger partial charge in [-0.2, -0.15) is 0 Å². The Morgan fingerprint density at radius 3 is 2.83 bits per heavy atom. The SMILES string of the molecule is CCNc1cncc(NC2CCCC(CC)C2)n1. The van der Waals surface area contributed by atoms with E-state index >= 15 is 0 Å². The Morgan fingerprint density at radius 1 is 1.22 bits per heavy atom. The molecule has 0 saturated heterocycles. The lowest BCUT2D eigenvalue weighted by Gasteiger charge is -2.29. The zero-order chi connectivity index (χ0) is 12.8. The largest absolute Gasteiger partial charge is 0.369 e. The second-order valence-electron chi connectivity index (χ2n) is 5.10. The molecule has 1 fully saturated rings. The van der Waals surface area contributed by atoms with Crippen molar-refractivity contribution in [3.63, 3.8) is 0 Å². The molecule has 1 aliphatic carbocycles. The van der Waals surface area contributed by atoms with E-state index in [-0.39, 0.29) is 0 Å². The highest BCUT2D eigenvalue weighted by Crippen LogP contribution is 2.28. The Hall–Kier alpha value is -1.32. The molecule has 18 heavy (non-hydrogen) atoms. The van der Waals surface area contributed by atoms with Crippen molar-refractivity contribution in [1.82, 2.24) is 9.97 Å². The maximum atomic E-state index is 4.52. The van der Waals surface area contributed by atoms with Gasteiger partial charge in [-0.15, -0.1) is 0 Å². The van der Waals surface area contributed by atoms with Crippen molar-refractivity contribution in [3.05, 3.63) is 12.4 Å². The maximum absolute atomic E-state index is 4.52. The lowest BCUT2D eigenvalue weighted by Crippen LogP contribution is -2.27. The van der Waals surface area contributed by atoms with Gasteiger partial charge in [-0.3, -0.25) is 4.98 Å². The molecule has 2 N–H and O–H groups in total. The van der Waals surface area contributed by atoms with Gasteiger partial charge in [-0.1, -0.05) is 26.2 Å².